The molecule has 1 atom stereocenters. The van der Waals surface area contributed by atoms with Gasteiger partial charge >= 0.3 is 0 Å². The molecule has 2 aliphatic rings. The average Bonchev–Trinajstić information content (AvgIpc) is 2.80. The molecule has 2 aliphatic carbocycles. The zero-order valence-electron chi connectivity index (χ0n) is 7.50. The molecule has 2 rings (SSSR count). The second kappa shape index (κ2) is 3.08. The molecule has 0 unspecified atom stereocenters. The fourth-order valence-corrected chi connectivity index (χ4v) is 1.14. The van der Waals surface area contributed by atoms with Gasteiger partial charge in [0.05, 0.1) is 11.7 Å². The van der Waals surface area contributed by atoms with Gasteiger partial charge < -0.3 is 5.32 Å². The van der Waals surface area contributed by atoms with Crippen molar-refractivity contribution < 1.29 is 4.79 Å². The molecule has 2 heteroatoms. The summed E-state index contributed by atoms with van der Waals surface area (Å²) in [6.07, 6.45) is 8.47. The van der Waals surface area contributed by atoms with Crippen LogP contribution in [0.2, 0.25) is 0 Å². The number of ketones is 1. The number of rotatable bonds is 2. The SMILES string of the molecule is CC1=CC=CC(N[C@@H]2CC2=O)=C=C1. The van der Waals surface area contributed by atoms with Gasteiger partial charge in [0.15, 0.2) is 5.78 Å². The molecule has 0 amide bonds. The van der Waals surface area contributed by atoms with Crippen LogP contribution in [0, 0.1) is 0 Å². The molecule has 1 saturated carbocycles. The van der Waals surface area contributed by atoms with Crippen molar-refractivity contribution in [1.82, 2.24) is 5.32 Å². The van der Waals surface area contributed by atoms with Crippen molar-refractivity contribution in [2.75, 3.05) is 0 Å². The minimum absolute atomic E-state index is 0.0407. The number of nitrogens with one attached hydrogen (secondary N) is 1. The van der Waals surface area contributed by atoms with E-state index in [0.29, 0.717) is 6.42 Å². The first-order valence-corrected chi connectivity index (χ1v) is 4.36. The summed E-state index contributed by atoms with van der Waals surface area (Å²) in [5, 5.41) is 3.11. The Morgan fingerprint density at radius 1 is 1.62 bits per heavy atom. The van der Waals surface area contributed by atoms with E-state index in [9.17, 15) is 4.79 Å². The molecule has 0 aromatic heterocycles. The molecule has 0 bridgehead atoms. The monoisotopic (exact) mass is 173 g/mol. The summed E-state index contributed by atoms with van der Waals surface area (Å²) in [5.41, 5.74) is 5.15. The van der Waals surface area contributed by atoms with Crippen molar-refractivity contribution >= 4 is 5.78 Å². The van der Waals surface area contributed by atoms with Crippen LogP contribution in [-0.4, -0.2) is 11.8 Å². The lowest BCUT2D eigenvalue weighted by Gasteiger charge is -1.98. The van der Waals surface area contributed by atoms with Crippen LogP contribution in [0.15, 0.2) is 41.3 Å². The molecule has 1 fully saturated rings. The number of hydrogen-bond donors (Lipinski definition) is 1. The maximum absolute atomic E-state index is 10.8. The van der Waals surface area contributed by atoms with E-state index >= 15 is 0 Å². The summed E-state index contributed by atoms with van der Waals surface area (Å²) >= 11 is 0. The van der Waals surface area contributed by atoms with Crippen LogP contribution in [0.3, 0.4) is 0 Å². The topological polar surface area (TPSA) is 29.1 Å². The van der Waals surface area contributed by atoms with E-state index < -0.39 is 0 Å². The molecule has 2 nitrogen and oxygen atoms in total. The summed E-state index contributed by atoms with van der Waals surface area (Å²) in [7, 11) is 0. The van der Waals surface area contributed by atoms with Crippen molar-refractivity contribution in [2.45, 2.75) is 19.4 Å². The Kier molecular flexibility index (Phi) is 1.91. The van der Waals surface area contributed by atoms with Gasteiger partial charge in [0.25, 0.3) is 0 Å². The number of hydrogen-bond acceptors (Lipinski definition) is 2. The van der Waals surface area contributed by atoms with Gasteiger partial charge in [-0.15, -0.1) is 0 Å². The standard InChI is InChI=1S/C11H11NO/c1-8-3-2-4-9(6-5-8)12-10-7-11(10)13/h2-5,10,12H,7H2,1H3/t10-/m1/s1. The quantitative estimate of drug-likeness (QED) is 0.641. The fourth-order valence-electron chi connectivity index (χ4n) is 1.14. The number of Topliss-reactive ketones (excluding diaryl/α,β-unsaturated/α-hetero) is 1. The highest BCUT2D eigenvalue weighted by Gasteiger charge is 2.34. The lowest BCUT2D eigenvalue weighted by atomic mass is 10.3. The molecule has 0 aromatic carbocycles. The summed E-state index contributed by atoms with van der Waals surface area (Å²) in [5.74, 6) is 0.289. The molecule has 0 aliphatic heterocycles. The molecule has 0 heterocycles. The van der Waals surface area contributed by atoms with Gasteiger partial charge in [-0.3, -0.25) is 4.79 Å². The van der Waals surface area contributed by atoms with E-state index in [1.807, 2.05) is 31.2 Å². The Labute approximate surface area is 77.3 Å². The van der Waals surface area contributed by atoms with Crippen LogP contribution in [-0.2, 0) is 4.79 Å². The average molecular weight is 173 g/mol. The first-order valence-electron chi connectivity index (χ1n) is 4.36. The van der Waals surface area contributed by atoms with Crippen molar-refractivity contribution in [3.8, 4) is 0 Å². The van der Waals surface area contributed by atoms with E-state index in [4.69, 9.17) is 0 Å². The third-order valence-corrected chi connectivity index (χ3v) is 2.04. The van der Waals surface area contributed by atoms with Crippen molar-refractivity contribution in [3.63, 3.8) is 0 Å². The smallest absolute Gasteiger partial charge is 0.157 e. The Hall–Kier alpha value is -1.53. The van der Waals surface area contributed by atoms with E-state index in [2.05, 4.69) is 11.0 Å². The lowest BCUT2D eigenvalue weighted by Crippen LogP contribution is -2.15. The van der Waals surface area contributed by atoms with Crippen LogP contribution in [0.4, 0.5) is 0 Å². The molecule has 0 aromatic rings. The molecular weight excluding hydrogens is 162 g/mol. The lowest BCUT2D eigenvalue weighted by molar-refractivity contribution is -0.110. The third-order valence-electron chi connectivity index (χ3n) is 2.04. The summed E-state index contributed by atoms with van der Waals surface area (Å²) in [6, 6.07) is 0.0407. The predicted molar refractivity (Wildman–Crippen MR) is 51.0 cm³/mol. The molecule has 66 valence electrons. The highest BCUT2D eigenvalue weighted by molar-refractivity contribution is 6.00. The Morgan fingerprint density at radius 2 is 2.38 bits per heavy atom. The normalized spacial score (nSPS) is 25.0. The van der Waals surface area contributed by atoms with Gasteiger partial charge in [-0.1, -0.05) is 17.9 Å². The summed E-state index contributed by atoms with van der Waals surface area (Å²) in [6.45, 7) is 2.02. The second-order valence-electron chi connectivity index (χ2n) is 3.34. The van der Waals surface area contributed by atoms with Gasteiger partial charge in [0.1, 0.15) is 0 Å². The van der Waals surface area contributed by atoms with Gasteiger partial charge in [-0.2, -0.15) is 0 Å². The third kappa shape index (κ3) is 1.98. The predicted octanol–water partition coefficient (Wildman–Crippen LogP) is 1.47. The van der Waals surface area contributed by atoms with Crippen LogP contribution < -0.4 is 5.32 Å². The fraction of sp³-hybridized carbons (Fsp3) is 0.273. The number of carbonyl (C=O) groups excluding carboxylic acids is 1. The zero-order valence-corrected chi connectivity index (χ0v) is 7.50. The Bertz CT molecular complexity index is 368. The first-order chi connectivity index (χ1) is 6.25. The zero-order chi connectivity index (χ0) is 9.26. The van der Waals surface area contributed by atoms with Gasteiger partial charge in [0, 0.05) is 6.42 Å². The van der Waals surface area contributed by atoms with Crippen LogP contribution in [0.5, 0.6) is 0 Å². The maximum Gasteiger partial charge on any atom is 0.157 e. The van der Waals surface area contributed by atoms with Gasteiger partial charge in [0.2, 0.25) is 0 Å². The summed E-state index contributed by atoms with van der Waals surface area (Å²) < 4.78 is 0. The highest BCUT2D eigenvalue weighted by Crippen LogP contribution is 2.15. The largest absolute Gasteiger partial charge is 0.368 e. The minimum atomic E-state index is 0.0407. The number of allylic oxidation sites excluding steroid dienone is 4. The van der Waals surface area contributed by atoms with Crippen molar-refractivity contribution in [1.29, 1.82) is 0 Å². The minimum Gasteiger partial charge on any atom is -0.368 e. The van der Waals surface area contributed by atoms with Gasteiger partial charge in [-0.25, -0.2) is 0 Å². The van der Waals surface area contributed by atoms with Gasteiger partial charge in [-0.05, 0) is 24.6 Å². The summed E-state index contributed by atoms with van der Waals surface area (Å²) in [4.78, 5) is 10.8. The number of carbonyl (C=O) groups is 1. The first kappa shape index (κ1) is 8.09. The van der Waals surface area contributed by atoms with Crippen LogP contribution >= 0.6 is 0 Å². The van der Waals surface area contributed by atoms with E-state index in [-0.39, 0.29) is 11.8 Å². The molecule has 0 saturated heterocycles. The second-order valence-corrected chi connectivity index (χ2v) is 3.34. The molecule has 0 spiro atoms. The maximum atomic E-state index is 10.8. The highest BCUT2D eigenvalue weighted by atomic mass is 16.1. The van der Waals surface area contributed by atoms with Crippen LogP contribution in [0.25, 0.3) is 0 Å². The molecule has 13 heavy (non-hydrogen) atoms. The van der Waals surface area contributed by atoms with E-state index in [1.54, 1.807) is 0 Å². The van der Waals surface area contributed by atoms with E-state index in [0.717, 1.165) is 11.3 Å². The van der Waals surface area contributed by atoms with Crippen LogP contribution in [0.1, 0.15) is 13.3 Å². The molecule has 0 radical (unpaired) electrons. The Morgan fingerprint density at radius 3 is 3.08 bits per heavy atom. The van der Waals surface area contributed by atoms with Crippen molar-refractivity contribution in [3.05, 3.63) is 41.3 Å². The molecular formula is C11H11NO. The Balaban J connectivity index is 2.08. The van der Waals surface area contributed by atoms with Crippen molar-refractivity contribution in [2.24, 2.45) is 0 Å². The van der Waals surface area contributed by atoms with E-state index in [1.165, 1.54) is 0 Å². The molecule has 1 N–H and O–H groups in total.